The Hall–Kier alpha value is -1.02. The molecule has 7 heteroatoms. The molecule has 0 radical (unpaired) electrons. The van der Waals surface area contributed by atoms with Gasteiger partial charge in [0.05, 0.1) is 7.11 Å². The highest BCUT2D eigenvalue weighted by Gasteiger charge is 2.15. The van der Waals surface area contributed by atoms with Gasteiger partial charge in [-0.25, -0.2) is 0 Å². The van der Waals surface area contributed by atoms with Crippen molar-refractivity contribution in [3.05, 3.63) is 18.2 Å². The molecule has 0 aliphatic rings. The van der Waals surface area contributed by atoms with Crippen LogP contribution in [0.2, 0.25) is 25.7 Å². The minimum atomic E-state index is -1.52. The molecule has 0 atom stereocenters. The predicted molar refractivity (Wildman–Crippen MR) is 82.4 cm³/mol. The Labute approximate surface area is 121 Å². The van der Waals surface area contributed by atoms with Gasteiger partial charge in [0, 0.05) is 14.7 Å². The minimum absolute atomic E-state index is 0.155. The molecule has 0 bridgehead atoms. The first-order chi connectivity index (χ1) is 9.33. The van der Waals surface area contributed by atoms with Gasteiger partial charge in [-0.1, -0.05) is 25.7 Å². The van der Waals surface area contributed by atoms with Crippen LogP contribution in [0.25, 0.3) is 0 Å². The van der Waals surface area contributed by atoms with Crippen molar-refractivity contribution in [3.63, 3.8) is 0 Å². The largest absolute Gasteiger partial charge is 0.493 e. The molecule has 0 unspecified atom stereocenters. The average Bonchev–Trinajstić information content (AvgIpc) is 2.36. The summed E-state index contributed by atoms with van der Waals surface area (Å²) in [5, 5.41) is 18.2. The van der Waals surface area contributed by atoms with Crippen LogP contribution in [0.4, 0.5) is 0 Å². The second-order valence-electron chi connectivity index (χ2n) is 5.77. The average molecular weight is 298 g/mol. The van der Waals surface area contributed by atoms with E-state index in [2.05, 4.69) is 19.6 Å². The highest BCUT2D eigenvalue weighted by Crippen LogP contribution is 2.25. The van der Waals surface area contributed by atoms with Crippen molar-refractivity contribution in [1.29, 1.82) is 0 Å². The fourth-order valence-corrected chi connectivity index (χ4v) is 2.26. The van der Waals surface area contributed by atoms with E-state index in [-0.39, 0.29) is 6.79 Å². The molecule has 0 saturated carbocycles. The van der Waals surface area contributed by atoms with Crippen LogP contribution < -0.4 is 14.9 Å². The molecule has 0 fully saturated rings. The number of methoxy groups -OCH3 is 1. The maximum absolute atomic E-state index is 9.10. The summed E-state index contributed by atoms with van der Waals surface area (Å²) in [6.45, 7) is 7.71. The molecule has 2 N–H and O–H groups in total. The molecule has 0 aliphatic carbocycles. The molecule has 0 amide bonds. The van der Waals surface area contributed by atoms with Gasteiger partial charge in [0.25, 0.3) is 0 Å². The second kappa shape index (κ2) is 7.68. The van der Waals surface area contributed by atoms with Gasteiger partial charge in [0.15, 0.2) is 18.3 Å². The molecule has 0 spiro atoms. The van der Waals surface area contributed by atoms with E-state index in [1.807, 2.05) is 0 Å². The van der Waals surface area contributed by atoms with Crippen LogP contribution in [-0.4, -0.2) is 45.7 Å². The SMILES string of the molecule is COc1cc(B(O)O)ccc1OCOCC[Si](C)(C)C. The lowest BCUT2D eigenvalue weighted by Gasteiger charge is -2.16. The Morgan fingerprint density at radius 1 is 1.15 bits per heavy atom. The van der Waals surface area contributed by atoms with Crippen molar-refractivity contribution in [2.75, 3.05) is 20.5 Å². The van der Waals surface area contributed by atoms with Crippen LogP contribution in [0.1, 0.15) is 0 Å². The summed E-state index contributed by atoms with van der Waals surface area (Å²) in [5.41, 5.74) is 0.355. The summed E-state index contributed by atoms with van der Waals surface area (Å²) < 4.78 is 16.1. The fourth-order valence-electron chi connectivity index (χ4n) is 1.51. The monoisotopic (exact) mass is 298 g/mol. The first kappa shape index (κ1) is 17.0. The maximum Gasteiger partial charge on any atom is 0.488 e. The van der Waals surface area contributed by atoms with Crippen LogP contribution >= 0.6 is 0 Å². The van der Waals surface area contributed by atoms with Crippen LogP contribution in [0, 0.1) is 0 Å². The van der Waals surface area contributed by atoms with E-state index in [1.54, 1.807) is 12.1 Å². The van der Waals surface area contributed by atoms with Crippen molar-refractivity contribution in [2.24, 2.45) is 0 Å². The Morgan fingerprint density at radius 2 is 1.85 bits per heavy atom. The lowest BCUT2D eigenvalue weighted by molar-refractivity contribution is 0.0206. The van der Waals surface area contributed by atoms with Gasteiger partial charge in [0.1, 0.15) is 0 Å². The summed E-state index contributed by atoms with van der Waals surface area (Å²) in [6, 6.07) is 5.82. The second-order valence-corrected chi connectivity index (χ2v) is 11.4. The van der Waals surface area contributed by atoms with Crippen molar-refractivity contribution in [1.82, 2.24) is 0 Å². The van der Waals surface area contributed by atoms with Gasteiger partial charge in [-0.15, -0.1) is 0 Å². The Balaban J connectivity index is 2.47. The van der Waals surface area contributed by atoms with E-state index >= 15 is 0 Å². The topological polar surface area (TPSA) is 68.2 Å². The molecular formula is C13H23BO5Si. The van der Waals surface area contributed by atoms with E-state index in [0.717, 1.165) is 6.04 Å². The molecule has 1 aromatic carbocycles. The minimum Gasteiger partial charge on any atom is -0.493 e. The molecule has 1 rings (SSSR count). The van der Waals surface area contributed by atoms with E-state index in [0.29, 0.717) is 23.6 Å². The van der Waals surface area contributed by atoms with Gasteiger partial charge < -0.3 is 24.3 Å². The van der Waals surface area contributed by atoms with E-state index in [1.165, 1.54) is 13.2 Å². The molecule has 0 aliphatic heterocycles. The molecule has 112 valence electrons. The van der Waals surface area contributed by atoms with Gasteiger partial charge in [-0.05, 0) is 23.6 Å². The van der Waals surface area contributed by atoms with Gasteiger partial charge in [-0.2, -0.15) is 0 Å². The van der Waals surface area contributed by atoms with E-state index < -0.39 is 15.2 Å². The fraction of sp³-hybridized carbons (Fsp3) is 0.538. The van der Waals surface area contributed by atoms with Gasteiger partial charge in [0.2, 0.25) is 0 Å². The summed E-state index contributed by atoms with van der Waals surface area (Å²) in [6.07, 6.45) is 0. The lowest BCUT2D eigenvalue weighted by Crippen LogP contribution is -2.29. The molecule has 0 heterocycles. The molecule has 0 saturated heterocycles. The third-order valence-electron chi connectivity index (χ3n) is 2.78. The van der Waals surface area contributed by atoms with Gasteiger partial charge >= 0.3 is 7.12 Å². The maximum atomic E-state index is 9.10. The smallest absolute Gasteiger partial charge is 0.488 e. The molecule has 20 heavy (non-hydrogen) atoms. The third kappa shape index (κ3) is 5.96. The molecule has 0 aromatic heterocycles. The molecule has 1 aromatic rings. The first-order valence-electron chi connectivity index (χ1n) is 6.58. The number of hydrogen-bond acceptors (Lipinski definition) is 5. The Morgan fingerprint density at radius 3 is 2.40 bits per heavy atom. The Bertz CT molecular complexity index is 420. The zero-order chi connectivity index (χ0) is 15.2. The summed E-state index contributed by atoms with van der Waals surface area (Å²) >= 11 is 0. The van der Waals surface area contributed by atoms with Crippen molar-refractivity contribution >= 4 is 20.7 Å². The molecular weight excluding hydrogens is 275 g/mol. The highest BCUT2D eigenvalue weighted by atomic mass is 28.3. The van der Waals surface area contributed by atoms with Crippen LogP contribution in [0.3, 0.4) is 0 Å². The number of benzene rings is 1. The van der Waals surface area contributed by atoms with Gasteiger partial charge in [-0.3, -0.25) is 0 Å². The molecule has 5 nitrogen and oxygen atoms in total. The zero-order valence-corrected chi connectivity index (χ0v) is 13.5. The zero-order valence-electron chi connectivity index (χ0n) is 12.5. The number of hydrogen-bond donors (Lipinski definition) is 2. The third-order valence-corrected chi connectivity index (χ3v) is 4.48. The van der Waals surface area contributed by atoms with E-state index in [9.17, 15) is 0 Å². The van der Waals surface area contributed by atoms with Crippen LogP contribution in [-0.2, 0) is 4.74 Å². The highest BCUT2D eigenvalue weighted by molar-refractivity contribution is 6.76. The van der Waals surface area contributed by atoms with Crippen molar-refractivity contribution in [2.45, 2.75) is 25.7 Å². The summed E-state index contributed by atoms with van der Waals surface area (Å²) in [5.74, 6) is 0.967. The van der Waals surface area contributed by atoms with E-state index in [4.69, 9.17) is 24.3 Å². The number of rotatable bonds is 8. The predicted octanol–water partition coefficient (Wildman–Crippen LogP) is 1.07. The quantitative estimate of drug-likeness (QED) is 0.427. The lowest BCUT2D eigenvalue weighted by atomic mass is 9.80. The summed E-state index contributed by atoms with van der Waals surface area (Å²) in [7, 11) is -1.11. The standard InChI is InChI=1S/C13H23BO5Si/c1-17-13-9-11(14(15)16)5-6-12(13)19-10-18-7-8-20(2,3)4/h5-6,9,15-16H,7-8,10H2,1-4H3. The summed E-state index contributed by atoms with van der Waals surface area (Å²) in [4.78, 5) is 0. The number of ether oxygens (including phenoxy) is 3. The first-order valence-corrected chi connectivity index (χ1v) is 10.3. The van der Waals surface area contributed by atoms with Crippen molar-refractivity contribution < 1.29 is 24.3 Å². The van der Waals surface area contributed by atoms with Crippen molar-refractivity contribution in [3.8, 4) is 11.5 Å². The van der Waals surface area contributed by atoms with Crippen LogP contribution in [0.5, 0.6) is 11.5 Å². The van der Waals surface area contributed by atoms with Crippen LogP contribution in [0.15, 0.2) is 18.2 Å². The normalized spacial score (nSPS) is 11.3. The Kier molecular flexibility index (Phi) is 6.54.